The second-order valence-electron chi connectivity index (χ2n) is 6.51. The zero-order valence-corrected chi connectivity index (χ0v) is 16.8. The molecule has 0 bridgehead atoms. The van der Waals surface area contributed by atoms with Gasteiger partial charge in [0.1, 0.15) is 5.75 Å². The Morgan fingerprint density at radius 3 is 2.71 bits per heavy atom. The molecule has 148 valence electrons. The van der Waals surface area contributed by atoms with Crippen molar-refractivity contribution >= 4 is 23.3 Å². The predicted molar refractivity (Wildman–Crippen MR) is 110 cm³/mol. The highest BCUT2D eigenvalue weighted by Gasteiger charge is 2.27. The van der Waals surface area contributed by atoms with Crippen molar-refractivity contribution in [2.75, 3.05) is 20.2 Å². The molecule has 1 aliphatic rings. The molecular formula is C21H24ClN3O3. The highest BCUT2D eigenvalue weighted by Crippen LogP contribution is 2.22. The zero-order chi connectivity index (χ0) is 19.9. The molecule has 0 aromatic heterocycles. The van der Waals surface area contributed by atoms with Crippen LogP contribution in [0.15, 0.2) is 53.7 Å². The lowest BCUT2D eigenvalue weighted by Gasteiger charge is -2.25. The molecule has 1 aliphatic heterocycles. The maximum absolute atomic E-state index is 12.5. The largest absolute Gasteiger partial charge is 0.497 e. The van der Waals surface area contributed by atoms with Crippen LogP contribution >= 0.6 is 11.6 Å². The second-order valence-corrected chi connectivity index (χ2v) is 6.91. The maximum atomic E-state index is 12.5. The van der Waals surface area contributed by atoms with E-state index < -0.39 is 0 Å². The number of urea groups is 1. The third-order valence-corrected chi connectivity index (χ3v) is 4.88. The third-order valence-electron chi connectivity index (χ3n) is 4.51. The van der Waals surface area contributed by atoms with E-state index in [1.807, 2.05) is 55.5 Å². The normalized spacial score (nSPS) is 15.5. The number of hydrogen-bond donors (Lipinski definition) is 1. The Hall–Kier alpha value is -2.73. The number of carbonyl (C=O) groups excluding carboxylic acids is 1. The number of hydrogen-bond acceptors (Lipinski definition) is 4. The fraction of sp³-hybridized carbons (Fsp3) is 0.333. The number of oxime groups is 1. The van der Waals surface area contributed by atoms with E-state index in [4.69, 9.17) is 21.2 Å². The van der Waals surface area contributed by atoms with E-state index >= 15 is 0 Å². The highest BCUT2D eigenvalue weighted by atomic mass is 35.5. The maximum Gasteiger partial charge on any atom is 0.317 e. The van der Waals surface area contributed by atoms with Gasteiger partial charge < -0.3 is 19.8 Å². The molecule has 0 radical (unpaired) electrons. The molecule has 7 heteroatoms. The van der Waals surface area contributed by atoms with Crippen molar-refractivity contribution in [3.63, 3.8) is 0 Å². The van der Waals surface area contributed by atoms with Crippen molar-refractivity contribution in [1.29, 1.82) is 0 Å². The van der Waals surface area contributed by atoms with Crippen LogP contribution in [0.2, 0.25) is 5.02 Å². The van der Waals surface area contributed by atoms with Crippen molar-refractivity contribution in [3.05, 3.63) is 64.7 Å². The topological polar surface area (TPSA) is 63.2 Å². The quantitative estimate of drug-likeness (QED) is 0.760. The van der Waals surface area contributed by atoms with E-state index in [-0.39, 0.29) is 12.1 Å². The van der Waals surface area contributed by atoms with Crippen molar-refractivity contribution < 1.29 is 14.4 Å². The monoisotopic (exact) mass is 401 g/mol. The minimum absolute atomic E-state index is 0.149. The van der Waals surface area contributed by atoms with Gasteiger partial charge in [-0.15, -0.1) is 0 Å². The van der Waals surface area contributed by atoms with Gasteiger partial charge in [0.2, 0.25) is 0 Å². The van der Waals surface area contributed by atoms with E-state index in [1.165, 1.54) is 0 Å². The molecule has 2 aromatic rings. The molecule has 0 saturated heterocycles. The number of halogens is 1. The Bertz CT molecular complexity index is 839. The molecular weight excluding hydrogens is 378 g/mol. The molecule has 6 nitrogen and oxygen atoms in total. The summed E-state index contributed by atoms with van der Waals surface area (Å²) >= 11 is 6.27. The van der Waals surface area contributed by atoms with Crippen LogP contribution in [0.5, 0.6) is 5.75 Å². The van der Waals surface area contributed by atoms with Crippen LogP contribution in [0.3, 0.4) is 0 Å². The van der Waals surface area contributed by atoms with Gasteiger partial charge in [-0.2, -0.15) is 0 Å². The molecule has 2 aromatic carbocycles. The second kappa shape index (κ2) is 9.46. The smallest absolute Gasteiger partial charge is 0.317 e. The van der Waals surface area contributed by atoms with Gasteiger partial charge >= 0.3 is 6.03 Å². The van der Waals surface area contributed by atoms with Crippen LogP contribution < -0.4 is 10.1 Å². The van der Waals surface area contributed by atoms with Crippen LogP contribution in [0, 0.1) is 0 Å². The summed E-state index contributed by atoms with van der Waals surface area (Å²) < 4.78 is 5.19. The van der Waals surface area contributed by atoms with Gasteiger partial charge in [0, 0.05) is 24.5 Å². The summed E-state index contributed by atoms with van der Waals surface area (Å²) in [6.07, 6.45) is 0.423. The first-order valence-electron chi connectivity index (χ1n) is 9.24. The van der Waals surface area contributed by atoms with Gasteiger partial charge in [-0.3, -0.25) is 0 Å². The molecule has 1 heterocycles. The van der Waals surface area contributed by atoms with Gasteiger partial charge in [-0.05, 0) is 48.4 Å². The molecule has 1 atom stereocenters. The number of methoxy groups -OCH3 is 1. The summed E-state index contributed by atoms with van der Waals surface area (Å²) in [5.74, 6) is 0.793. The highest BCUT2D eigenvalue weighted by molar-refractivity contribution is 6.31. The SMILES string of the molecule is CCNC(=O)N(Cc1ccccc1Cl)C[C@@H]1CC(c2ccc(OC)cc2)=NO1. The number of rotatable bonds is 7. The summed E-state index contributed by atoms with van der Waals surface area (Å²) in [4.78, 5) is 19.8. The minimum Gasteiger partial charge on any atom is -0.497 e. The molecule has 0 saturated carbocycles. The Balaban J connectivity index is 1.66. The standard InChI is InChI=1S/C21H24ClN3O3/c1-3-23-21(26)25(13-16-6-4-5-7-19(16)22)14-18-12-20(24-28-18)15-8-10-17(27-2)11-9-15/h4-11,18H,3,12-14H2,1-2H3,(H,23,26)/t18-/m0/s1. The first-order valence-corrected chi connectivity index (χ1v) is 9.61. The first-order chi connectivity index (χ1) is 13.6. The number of carbonyl (C=O) groups is 1. The van der Waals surface area contributed by atoms with Crippen molar-refractivity contribution in [3.8, 4) is 5.75 Å². The van der Waals surface area contributed by atoms with Gasteiger partial charge in [0.05, 0.1) is 19.4 Å². The molecule has 28 heavy (non-hydrogen) atoms. The van der Waals surface area contributed by atoms with Crippen LogP contribution in [0.25, 0.3) is 0 Å². The molecule has 0 aliphatic carbocycles. The number of nitrogens with zero attached hydrogens (tertiary/aromatic N) is 2. The molecule has 0 fully saturated rings. The third kappa shape index (κ3) is 4.95. The number of nitrogens with one attached hydrogen (secondary N) is 1. The zero-order valence-electron chi connectivity index (χ0n) is 16.0. The molecule has 0 spiro atoms. The van der Waals surface area contributed by atoms with E-state index in [1.54, 1.807) is 12.0 Å². The number of benzene rings is 2. The van der Waals surface area contributed by atoms with E-state index in [0.717, 1.165) is 22.6 Å². The summed E-state index contributed by atoms with van der Waals surface area (Å²) in [6.45, 7) is 3.27. The molecule has 1 N–H and O–H groups in total. The number of amides is 2. The molecule has 2 amide bonds. The van der Waals surface area contributed by atoms with Crippen molar-refractivity contribution in [2.24, 2.45) is 5.16 Å². The Kier molecular flexibility index (Phi) is 6.76. The van der Waals surface area contributed by atoms with Gasteiger partial charge in [0.25, 0.3) is 0 Å². The summed E-state index contributed by atoms with van der Waals surface area (Å²) in [7, 11) is 1.64. The lowest BCUT2D eigenvalue weighted by Crippen LogP contribution is -2.43. The predicted octanol–water partition coefficient (Wildman–Crippen LogP) is 4.07. The average molecular weight is 402 g/mol. The molecule has 0 unspecified atom stereocenters. The Labute approximate surface area is 170 Å². The fourth-order valence-corrected chi connectivity index (χ4v) is 3.24. The van der Waals surface area contributed by atoms with E-state index in [0.29, 0.717) is 31.1 Å². The minimum atomic E-state index is -0.206. The number of ether oxygens (including phenoxy) is 1. The summed E-state index contributed by atoms with van der Waals surface area (Å²) in [5.41, 5.74) is 2.74. The van der Waals surface area contributed by atoms with Gasteiger partial charge in [0.15, 0.2) is 6.10 Å². The van der Waals surface area contributed by atoms with Crippen molar-refractivity contribution in [2.45, 2.75) is 26.0 Å². The lowest BCUT2D eigenvalue weighted by molar-refractivity contribution is 0.0590. The molecule has 3 rings (SSSR count). The van der Waals surface area contributed by atoms with Crippen LogP contribution in [0.1, 0.15) is 24.5 Å². The Morgan fingerprint density at radius 2 is 2.04 bits per heavy atom. The van der Waals surface area contributed by atoms with Crippen LogP contribution in [0.4, 0.5) is 4.79 Å². The van der Waals surface area contributed by atoms with Crippen molar-refractivity contribution in [1.82, 2.24) is 10.2 Å². The van der Waals surface area contributed by atoms with E-state index in [9.17, 15) is 4.79 Å². The fourth-order valence-electron chi connectivity index (χ4n) is 3.04. The average Bonchev–Trinajstić information content (AvgIpc) is 3.18. The van der Waals surface area contributed by atoms with Gasteiger partial charge in [-0.25, -0.2) is 4.79 Å². The lowest BCUT2D eigenvalue weighted by atomic mass is 10.0. The van der Waals surface area contributed by atoms with Crippen LogP contribution in [-0.2, 0) is 11.4 Å². The Morgan fingerprint density at radius 1 is 1.29 bits per heavy atom. The van der Waals surface area contributed by atoms with Crippen LogP contribution in [-0.4, -0.2) is 42.9 Å². The summed E-state index contributed by atoms with van der Waals surface area (Å²) in [5, 5.41) is 7.71. The summed E-state index contributed by atoms with van der Waals surface area (Å²) in [6, 6.07) is 15.1. The first kappa shape index (κ1) is 20.0. The van der Waals surface area contributed by atoms with E-state index in [2.05, 4.69) is 10.5 Å². The van der Waals surface area contributed by atoms with Gasteiger partial charge in [-0.1, -0.05) is 35.0 Å².